The summed E-state index contributed by atoms with van der Waals surface area (Å²) in [6, 6.07) is 7.30. The molecule has 0 spiro atoms. The van der Waals surface area contributed by atoms with Gasteiger partial charge in [-0.25, -0.2) is 0 Å². The third kappa shape index (κ3) is 5.77. The van der Waals surface area contributed by atoms with Gasteiger partial charge in [-0.15, -0.1) is 0 Å². The number of furan rings is 1. The molecule has 0 radical (unpaired) electrons. The highest BCUT2D eigenvalue weighted by Gasteiger charge is 2.20. The van der Waals surface area contributed by atoms with Gasteiger partial charge in [-0.05, 0) is 44.0 Å². The van der Waals surface area contributed by atoms with Crippen LogP contribution in [0.5, 0.6) is 11.5 Å². The van der Waals surface area contributed by atoms with Crippen molar-refractivity contribution in [2.24, 2.45) is 0 Å². The van der Waals surface area contributed by atoms with Crippen LogP contribution in [0.3, 0.4) is 0 Å². The Morgan fingerprint density at radius 1 is 1.14 bits per heavy atom. The van der Waals surface area contributed by atoms with Gasteiger partial charge in [0.15, 0.2) is 11.5 Å². The van der Waals surface area contributed by atoms with Crippen LogP contribution in [0.15, 0.2) is 41.2 Å². The number of carbonyl (C=O) groups excluding carboxylic acids is 2. The predicted molar refractivity (Wildman–Crippen MR) is 106 cm³/mol. The van der Waals surface area contributed by atoms with Crippen molar-refractivity contribution in [1.29, 1.82) is 0 Å². The largest absolute Gasteiger partial charge is 0.493 e. The van der Waals surface area contributed by atoms with Gasteiger partial charge in [0, 0.05) is 25.6 Å². The molecule has 1 aromatic heterocycles. The molecule has 2 aromatic rings. The first-order chi connectivity index (χ1) is 13.5. The smallest absolute Gasteiger partial charge is 0.257 e. The summed E-state index contributed by atoms with van der Waals surface area (Å²) < 4.78 is 15.5. The average Bonchev–Trinajstić information content (AvgIpc) is 3.22. The highest BCUT2D eigenvalue weighted by atomic mass is 16.5. The van der Waals surface area contributed by atoms with Gasteiger partial charge in [0.25, 0.3) is 5.91 Å². The predicted octanol–water partition coefficient (Wildman–Crippen LogP) is 2.90. The van der Waals surface area contributed by atoms with E-state index in [0.717, 1.165) is 5.56 Å². The molecule has 2 amide bonds. The van der Waals surface area contributed by atoms with Gasteiger partial charge in [-0.3, -0.25) is 9.59 Å². The average molecular weight is 388 g/mol. The lowest BCUT2D eigenvalue weighted by atomic mass is 10.1. The van der Waals surface area contributed by atoms with Crippen LogP contribution in [0.25, 0.3) is 0 Å². The topological polar surface area (TPSA) is 81.0 Å². The molecule has 1 heterocycles. The van der Waals surface area contributed by atoms with E-state index >= 15 is 0 Å². The monoisotopic (exact) mass is 388 g/mol. The molecule has 7 heteroatoms. The number of benzene rings is 1. The van der Waals surface area contributed by atoms with Crippen LogP contribution in [0, 0.1) is 0 Å². The minimum Gasteiger partial charge on any atom is -0.493 e. The molecule has 0 fully saturated rings. The van der Waals surface area contributed by atoms with E-state index in [9.17, 15) is 9.59 Å². The normalized spacial score (nSPS) is 10.6. The molecule has 152 valence electrons. The zero-order valence-corrected chi connectivity index (χ0v) is 16.9. The van der Waals surface area contributed by atoms with E-state index < -0.39 is 0 Å². The SMILES string of the molecule is COc1ccc(CCNC(=O)CCN(C(=O)c2ccoc2)C(C)C)cc1OC. The van der Waals surface area contributed by atoms with Crippen LogP contribution in [-0.4, -0.2) is 50.1 Å². The van der Waals surface area contributed by atoms with E-state index in [1.54, 1.807) is 25.2 Å². The number of hydrogen-bond acceptors (Lipinski definition) is 5. The zero-order valence-electron chi connectivity index (χ0n) is 16.9. The number of rotatable bonds is 10. The first-order valence-corrected chi connectivity index (χ1v) is 9.27. The third-order valence-corrected chi connectivity index (χ3v) is 4.42. The van der Waals surface area contributed by atoms with Gasteiger partial charge >= 0.3 is 0 Å². The Balaban J connectivity index is 1.81. The number of nitrogens with one attached hydrogen (secondary N) is 1. The van der Waals surface area contributed by atoms with Gasteiger partial charge in [0.05, 0.1) is 26.0 Å². The second-order valence-corrected chi connectivity index (χ2v) is 6.64. The second-order valence-electron chi connectivity index (χ2n) is 6.64. The molecule has 0 saturated carbocycles. The maximum absolute atomic E-state index is 12.5. The Hall–Kier alpha value is -2.96. The number of ether oxygens (including phenoxy) is 2. The molecular weight excluding hydrogens is 360 g/mol. The lowest BCUT2D eigenvalue weighted by Crippen LogP contribution is -2.39. The van der Waals surface area contributed by atoms with Crippen LogP contribution < -0.4 is 14.8 Å². The summed E-state index contributed by atoms with van der Waals surface area (Å²) in [5, 5.41) is 2.90. The molecular formula is C21H28N2O5. The quantitative estimate of drug-likeness (QED) is 0.677. The zero-order chi connectivity index (χ0) is 20.5. The van der Waals surface area contributed by atoms with Crippen LogP contribution >= 0.6 is 0 Å². The number of nitrogens with zero attached hydrogens (tertiary/aromatic N) is 1. The van der Waals surface area contributed by atoms with Crippen molar-refractivity contribution in [3.63, 3.8) is 0 Å². The summed E-state index contributed by atoms with van der Waals surface area (Å²) >= 11 is 0. The van der Waals surface area contributed by atoms with Gasteiger partial charge in [0.1, 0.15) is 6.26 Å². The Morgan fingerprint density at radius 2 is 1.89 bits per heavy atom. The fourth-order valence-electron chi connectivity index (χ4n) is 2.84. The Bertz CT molecular complexity index is 771. The fraction of sp³-hybridized carbons (Fsp3) is 0.429. The summed E-state index contributed by atoms with van der Waals surface area (Å²) in [5.41, 5.74) is 1.53. The number of carbonyl (C=O) groups is 2. The molecule has 0 bridgehead atoms. The molecule has 0 unspecified atom stereocenters. The summed E-state index contributed by atoms with van der Waals surface area (Å²) in [5.74, 6) is 1.11. The Labute approximate surface area is 165 Å². The van der Waals surface area contributed by atoms with Gasteiger partial charge in [-0.1, -0.05) is 6.07 Å². The molecule has 1 aromatic carbocycles. The van der Waals surface area contributed by atoms with Gasteiger partial charge in [0.2, 0.25) is 5.91 Å². The first kappa shape index (κ1) is 21.3. The van der Waals surface area contributed by atoms with E-state index in [1.807, 2.05) is 32.0 Å². The first-order valence-electron chi connectivity index (χ1n) is 9.27. The van der Waals surface area contributed by atoms with Crippen molar-refractivity contribution in [2.45, 2.75) is 32.7 Å². The molecule has 7 nitrogen and oxygen atoms in total. The number of hydrogen-bond donors (Lipinski definition) is 1. The van der Waals surface area contributed by atoms with Crippen molar-refractivity contribution in [2.75, 3.05) is 27.3 Å². The molecule has 2 rings (SSSR count). The highest BCUT2D eigenvalue weighted by Crippen LogP contribution is 2.27. The molecule has 0 saturated heterocycles. The molecule has 0 atom stereocenters. The van der Waals surface area contributed by atoms with Gasteiger partial charge in [-0.2, -0.15) is 0 Å². The third-order valence-electron chi connectivity index (χ3n) is 4.42. The van der Waals surface area contributed by atoms with Crippen molar-refractivity contribution in [1.82, 2.24) is 10.2 Å². The van der Waals surface area contributed by atoms with E-state index in [2.05, 4.69) is 5.32 Å². The Morgan fingerprint density at radius 3 is 2.50 bits per heavy atom. The van der Waals surface area contributed by atoms with Crippen molar-refractivity contribution in [3.05, 3.63) is 47.9 Å². The van der Waals surface area contributed by atoms with Crippen LogP contribution in [0.2, 0.25) is 0 Å². The molecule has 0 aliphatic carbocycles. The Kier molecular flexibility index (Phi) is 7.92. The van der Waals surface area contributed by atoms with Crippen LogP contribution in [-0.2, 0) is 11.2 Å². The van der Waals surface area contributed by atoms with E-state index in [4.69, 9.17) is 13.9 Å². The molecule has 28 heavy (non-hydrogen) atoms. The maximum Gasteiger partial charge on any atom is 0.257 e. The summed E-state index contributed by atoms with van der Waals surface area (Å²) in [4.78, 5) is 26.3. The summed E-state index contributed by atoms with van der Waals surface area (Å²) in [6.45, 7) is 4.70. The van der Waals surface area contributed by atoms with Gasteiger partial charge < -0.3 is 24.1 Å². The number of methoxy groups -OCH3 is 2. The highest BCUT2D eigenvalue weighted by molar-refractivity contribution is 5.94. The van der Waals surface area contributed by atoms with E-state index in [-0.39, 0.29) is 24.3 Å². The lowest BCUT2D eigenvalue weighted by Gasteiger charge is -2.26. The van der Waals surface area contributed by atoms with Crippen molar-refractivity contribution < 1.29 is 23.5 Å². The lowest BCUT2D eigenvalue weighted by molar-refractivity contribution is -0.121. The van der Waals surface area contributed by atoms with Crippen LogP contribution in [0.4, 0.5) is 0 Å². The molecule has 1 N–H and O–H groups in total. The summed E-state index contributed by atoms with van der Waals surface area (Å²) in [7, 11) is 3.18. The minimum atomic E-state index is -0.137. The maximum atomic E-state index is 12.5. The summed E-state index contributed by atoms with van der Waals surface area (Å²) in [6.07, 6.45) is 3.80. The van der Waals surface area contributed by atoms with Crippen LogP contribution in [0.1, 0.15) is 36.2 Å². The fourth-order valence-corrected chi connectivity index (χ4v) is 2.84. The number of amides is 2. The van der Waals surface area contributed by atoms with E-state index in [1.165, 1.54) is 12.5 Å². The molecule has 0 aliphatic heterocycles. The minimum absolute atomic E-state index is 0.0121. The van der Waals surface area contributed by atoms with Crippen molar-refractivity contribution >= 4 is 11.8 Å². The molecule has 0 aliphatic rings. The van der Waals surface area contributed by atoms with E-state index in [0.29, 0.717) is 36.6 Å². The second kappa shape index (κ2) is 10.4. The van der Waals surface area contributed by atoms with Crippen molar-refractivity contribution in [3.8, 4) is 11.5 Å². The standard InChI is InChI=1S/C21H28N2O5/c1-15(2)23(21(25)17-9-12-28-14-17)11-8-20(24)22-10-7-16-5-6-18(26-3)19(13-16)27-4/h5-6,9,12-15H,7-8,10-11H2,1-4H3,(H,22,24).